The van der Waals surface area contributed by atoms with E-state index in [0.29, 0.717) is 0 Å². The molecular formula is C6H12N. The standard InChI is InChI=1S/C6H12N/c7-5-1-2-6-3-4-6/h1,6H,2-5,7H2. The normalized spacial score (nSPS) is 20.1. The fourth-order valence-corrected chi connectivity index (χ4v) is 0.685. The summed E-state index contributed by atoms with van der Waals surface area (Å²) in [6.45, 7) is 0.760. The van der Waals surface area contributed by atoms with Crippen molar-refractivity contribution in [2.45, 2.75) is 19.3 Å². The molecule has 1 nitrogen and oxygen atoms in total. The van der Waals surface area contributed by atoms with E-state index in [-0.39, 0.29) is 0 Å². The molecule has 7 heavy (non-hydrogen) atoms. The molecule has 0 heterocycles. The molecule has 1 fully saturated rings. The second-order valence-corrected chi connectivity index (χ2v) is 2.20. The maximum absolute atomic E-state index is 5.25. The van der Waals surface area contributed by atoms with Gasteiger partial charge in [-0.25, -0.2) is 0 Å². The molecule has 2 N–H and O–H groups in total. The third-order valence-electron chi connectivity index (χ3n) is 1.36. The minimum atomic E-state index is 0.760. The Morgan fingerprint density at radius 1 is 1.57 bits per heavy atom. The Morgan fingerprint density at radius 3 is 2.71 bits per heavy atom. The van der Waals surface area contributed by atoms with Crippen LogP contribution in [0.1, 0.15) is 19.3 Å². The van der Waals surface area contributed by atoms with Gasteiger partial charge in [0.05, 0.1) is 0 Å². The van der Waals surface area contributed by atoms with Crippen LogP contribution in [0.2, 0.25) is 0 Å². The summed E-state index contributed by atoms with van der Waals surface area (Å²) in [5.74, 6) is 1.02. The van der Waals surface area contributed by atoms with Gasteiger partial charge in [-0.3, -0.25) is 0 Å². The lowest BCUT2D eigenvalue weighted by Gasteiger charge is -1.88. The second kappa shape index (κ2) is 2.31. The zero-order valence-corrected chi connectivity index (χ0v) is 4.56. The summed E-state index contributed by atoms with van der Waals surface area (Å²) in [4.78, 5) is 0. The third-order valence-corrected chi connectivity index (χ3v) is 1.36. The molecule has 41 valence electrons. The third kappa shape index (κ3) is 1.93. The number of nitrogens with two attached hydrogens (primary N) is 1. The van der Waals surface area contributed by atoms with Crippen LogP contribution in [0.3, 0.4) is 0 Å². The maximum Gasteiger partial charge on any atom is -0.00456 e. The van der Waals surface area contributed by atoms with E-state index in [1.54, 1.807) is 0 Å². The highest BCUT2D eigenvalue weighted by atomic mass is 14.5. The fraction of sp³-hybridized carbons (Fsp3) is 0.833. The molecule has 1 rings (SSSR count). The molecule has 1 aliphatic rings. The summed E-state index contributed by atoms with van der Waals surface area (Å²) in [7, 11) is 0. The molecule has 0 aliphatic heterocycles. The van der Waals surface area contributed by atoms with Gasteiger partial charge in [0.25, 0.3) is 0 Å². The molecule has 0 atom stereocenters. The van der Waals surface area contributed by atoms with Crippen molar-refractivity contribution in [1.82, 2.24) is 0 Å². The van der Waals surface area contributed by atoms with Gasteiger partial charge in [-0.05, 0) is 25.3 Å². The van der Waals surface area contributed by atoms with Gasteiger partial charge >= 0.3 is 0 Å². The summed E-state index contributed by atoms with van der Waals surface area (Å²) in [6, 6.07) is 0. The highest BCUT2D eigenvalue weighted by Crippen LogP contribution is 2.32. The van der Waals surface area contributed by atoms with E-state index in [0.717, 1.165) is 12.5 Å². The number of rotatable bonds is 3. The molecule has 0 aromatic heterocycles. The number of hydrogen-bond acceptors (Lipinski definition) is 1. The van der Waals surface area contributed by atoms with Crippen molar-refractivity contribution >= 4 is 0 Å². The van der Waals surface area contributed by atoms with Crippen LogP contribution < -0.4 is 5.73 Å². The average molecular weight is 98.2 g/mol. The molecule has 0 aromatic carbocycles. The molecular weight excluding hydrogens is 86.1 g/mol. The number of hydrogen-bond donors (Lipinski definition) is 1. The van der Waals surface area contributed by atoms with Crippen molar-refractivity contribution < 1.29 is 0 Å². The molecule has 1 radical (unpaired) electrons. The Morgan fingerprint density at radius 2 is 2.29 bits per heavy atom. The first-order chi connectivity index (χ1) is 3.43. The Labute approximate surface area is 44.9 Å². The van der Waals surface area contributed by atoms with E-state index in [4.69, 9.17) is 5.73 Å². The zero-order valence-electron chi connectivity index (χ0n) is 4.56. The van der Waals surface area contributed by atoms with Crippen molar-refractivity contribution in [3.63, 3.8) is 0 Å². The molecule has 0 unspecified atom stereocenters. The molecule has 0 saturated heterocycles. The van der Waals surface area contributed by atoms with Gasteiger partial charge in [0, 0.05) is 0 Å². The van der Waals surface area contributed by atoms with Crippen LogP contribution >= 0.6 is 0 Å². The first kappa shape index (κ1) is 5.10. The van der Waals surface area contributed by atoms with Crippen molar-refractivity contribution in [1.29, 1.82) is 0 Å². The Balaban J connectivity index is 1.80. The van der Waals surface area contributed by atoms with E-state index in [1.165, 1.54) is 19.3 Å². The molecule has 1 aliphatic carbocycles. The maximum atomic E-state index is 5.25. The zero-order chi connectivity index (χ0) is 5.11. The highest BCUT2D eigenvalue weighted by molar-refractivity contribution is 4.80. The summed E-state index contributed by atoms with van der Waals surface area (Å²) >= 11 is 0. The Kier molecular flexibility index (Phi) is 1.69. The van der Waals surface area contributed by atoms with E-state index >= 15 is 0 Å². The SMILES string of the molecule is NC[CH]CC1CC1. The lowest BCUT2D eigenvalue weighted by atomic mass is 10.2. The van der Waals surface area contributed by atoms with Crippen LogP contribution in [-0.2, 0) is 0 Å². The van der Waals surface area contributed by atoms with Crippen LogP contribution in [0.4, 0.5) is 0 Å². The average Bonchev–Trinajstić information content (AvgIpc) is 2.42. The van der Waals surface area contributed by atoms with Crippen molar-refractivity contribution in [2.75, 3.05) is 6.54 Å². The molecule has 1 heteroatoms. The van der Waals surface area contributed by atoms with Gasteiger partial charge < -0.3 is 5.73 Å². The summed E-state index contributed by atoms with van der Waals surface area (Å²) in [5.41, 5.74) is 5.25. The van der Waals surface area contributed by atoms with Crippen LogP contribution in [-0.4, -0.2) is 6.54 Å². The molecule has 0 bridgehead atoms. The first-order valence-corrected chi connectivity index (χ1v) is 2.95. The second-order valence-electron chi connectivity index (χ2n) is 2.20. The first-order valence-electron chi connectivity index (χ1n) is 2.95. The molecule has 0 aromatic rings. The summed E-state index contributed by atoms with van der Waals surface area (Å²) < 4.78 is 0. The van der Waals surface area contributed by atoms with Crippen LogP contribution in [0.25, 0.3) is 0 Å². The monoisotopic (exact) mass is 98.1 g/mol. The molecule has 0 amide bonds. The van der Waals surface area contributed by atoms with Gasteiger partial charge in [-0.15, -0.1) is 0 Å². The van der Waals surface area contributed by atoms with Crippen molar-refractivity contribution in [3.8, 4) is 0 Å². The van der Waals surface area contributed by atoms with E-state index in [1.807, 2.05) is 0 Å². The van der Waals surface area contributed by atoms with Gasteiger partial charge in [0.1, 0.15) is 0 Å². The lowest BCUT2D eigenvalue weighted by molar-refractivity contribution is 0.794. The Hall–Kier alpha value is -0.0400. The van der Waals surface area contributed by atoms with Crippen molar-refractivity contribution in [2.24, 2.45) is 11.7 Å². The predicted molar refractivity (Wildman–Crippen MR) is 30.7 cm³/mol. The van der Waals surface area contributed by atoms with E-state index in [2.05, 4.69) is 6.42 Å². The van der Waals surface area contributed by atoms with Crippen LogP contribution in [0, 0.1) is 12.3 Å². The largest absolute Gasteiger partial charge is 0.330 e. The predicted octanol–water partition coefficient (Wildman–Crippen LogP) is 0.949. The van der Waals surface area contributed by atoms with Gasteiger partial charge in [-0.2, -0.15) is 0 Å². The van der Waals surface area contributed by atoms with Crippen molar-refractivity contribution in [3.05, 3.63) is 6.42 Å². The summed E-state index contributed by atoms with van der Waals surface area (Å²) in [6.07, 6.45) is 6.31. The van der Waals surface area contributed by atoms with E-state index in [9.17, 15) is 0 Å². The lowest BCUT2D eigenvalue weighted by Crippen LogP contribution is -1.98. The van der Waals surface area contributed by atoms with E-state index < -0.39 is 0 Å². The molecule has 0 spiro atoms. The molecule has 1 saturated carbocycles. The smallest absolute Gasteiger partial charge is 0.00456 e. The van der Waals surface area contributed by atoms with Crippen LogP contribution in [0.5, 0.6) is 0 Å². The highest BCUT2D eigenvalue weighted by Gasteiger charge is 2.19. The summed E-state index contributed by atoms with van der Waals surface area (Å²) in [5, 5.41) is 0. The van der Waals surface area contributed by atoms with Gasteiger partial charge in [-0.1, -0.05) is 12.8 Å². The quantitative estimate of drug-likeness (QED) is 0.558. The Bertz CT molecular complexity index is 48.1. The minimum Gasteiger partial charge on any atom is -0.330 e. The van der Waals surface area contributed by atoms with Crippen LogP contribution in [0.15, 0.2) is 0 Å². The van der Waals surface area contributed by atoms with Gasteiger partial charge in [0.2, 0.25) is 0 Å². The fourth-order valence-electron chi connectivity index (χ4n) is 0.685. The minimum absolute atomic E-state index is 0.760. The topological polar surface area (TPSA) is 26.0 Å². The van der Waals surface area contributed by atoms with Gasteiger partial charge in [0.15, 0.2) is 0 Å².